The number of fused-ring (bicyclic) bond motifs is 1. The molecule has 0 aliphatic heterocycles. The predicted octanol–water partition coefficient (Wildman–Crippen LogP) is 2.69. The first-order valence-corrected chi connectivity index (χ1v) is 4.17. The number of nitrogens with zero attached hydrogens (tertiary/aromatic N) is 1. The Kier molecular flexibility index (Phi) is 2.23. The van der Waals surface area contributed by atoms with Crippen molar-refractivity contribution in [2.24, 2.45) is 0 Å². The fourth-order valence-electron chi connectivity index (χ4n) is 1.17. The van der Waals surface area contributed by atoms with E-state index in [1.165, 1.54) is 5.39 Å². The van der Waals surface area contributed by atoms with Crippen LogP contribution in [-0.2, 0) is 0 Å². The van der Waals surface area contributed by atoms with Gasteiger partial charge in [-0.2, -0.15) is 0 Å². The van der Waals surface area contributed by atoms with Crippen molar-refractivity contribution in [1.29, 1.82) is 0 Å². The summed E-state index contributed by atoms with van der Waals surface area (Å²) >= 11 is 0. The van der Waals surface area contributed by atoms with Crippen molar-refractivity contribution in [3.05, 3.63) is 55.0 Å². The minimum atomic E-state index is 1.09. The van der Waals surface area contributed by atoms with E-state index < -0.39 is 0 Å². The smallest absolute Gasteiger partial charge is 0.0469 e. The summed E-state index contributed by atoms with van der Waals surface area (Å²) in [5.41, 5.74) is 1.09. The van der Waals surface area contributed by atoms with Gasteiger partial charge in [0.25, 0.3) is 0 Å². The van der Waals surface area contributed by atoms with Gasteiger partial charge in [-0.25, -0.2) is 0 Å². The third kappa shape index (κ3) is 1.85. The predicted molar refractivity (Wildman–Crippen MR) is 53.7 cm³/mol. The van der Waals surface area contributed by atoms with Crippen LogP contribution in [0, 0.1) is 0 Å². The molecule has 13 heavy (non-hydrogen) atoms. The average molecular weight is 170 g/mol. The molecule has 0 radical (unpaired) electrons. The highest BCUT2D eigenvalue weighted by molar-refractivity contribution is 5.77. The molecule has 0 fully saturated rings. The monoisotopic (exact) mass is 170 g/mol. The summed E-state index contributed by atoms with van der Waals surface area (Å²) in [6.45, 7) is 0. The number of aromatic nitrogens is 2. The number of hydrogen-bond donors (Lipinski definition) is 1. The molecule has 2 aromatic heterocycles. The molecule has 2 aromatic rings. The molecule has 0 bridgehead atoms. The molecular weight excluding hydrogens is 160 g/mol. The lowest BCUT2D eigenvalue weighted by molar-refractivity contribution is 1.35. The summed E-state index contributed by atoms with van der Waals surface area (Å²) < 4.78 is 0. The van der Waals surface area contributed by atoms with Crippen LogP contribution in [-0.4, -0.2) is 9.97 Å². The summed E-state index contributed by atoms with van der Waals surface area (Å²) in [4.78, 5) is 7.20. The van der Waals surface area contributed by atoms with Crippen LogP contribution in [0.4, 0.5) is 0 Å². The van der Waals surface area contributed by atoms with Gasteiger partial charge in [0.15, 0.2) is 0 Å². The molecule has 2 nitrogen and oxygen atoms in total. The molecule has 2 heteroatoms. The Hall–Kier alpha value is -1.83. The van der Waals surface area contributed by atoms with E-state index >= 15 is 0 Å². The first-order chi connectivity index (χ1) is 6.47. The molecule has 0 aliphatic rings. The van der Waals surface area contributed by atoms with E-state index in [9.17, 15) is 0 Å². The zero-order valence-electron chi connectivity index (χ0n) is 7.14. The summed E-state index contributed by atoms with van der Waals surface area (Å²) in [6.07, 6.45) is 5.46. The van der Waals surface area contributed by atoms with Gasteiger partial charge in [-0.3, -0.25) is 4.98 Å². The maximum Gasteiger partial charge on any atom is 0.0469 e. The van der Waals surface area contributed by atoms with Crippen LogP contribution in [0.15, 0.2) is 55.0 Å². The van der Waals surface area contributed by atoms with E-state index in [4.69, 9.17) is 0 Å². The number of aromatic amines is 1. The van der Waals surface area contributed by atoms with Gasteiger partial charge in [0.1, 0.15) is 0 Å². The first-order valence-electron chi connectivity index (χ1n) is 4.17. The van der Waals surface area contributed by atoms with Crippen LogP contribution in [0.5, 0.6) is 0 Å². The van der Waals surface area contributed by atoms with Crippen LogP contribution < -0.4 is 0 Å². The molecule has 0 aliphatic carbocycles. The van der Waals surface area contributed by atoms with Gasteiger partial charge in [0, 0.05) is 24.1 Å². The Bertz CT molecular complexity index is 404. The Morgan fingerprint density at radius 3 is 2.92 bits per heavy atom. The summed E-state index contributed by atoms with van der Waals surface area (Å²) in [7, 11) is 0. The van der Waals surface area contributed by atoms with Crippen molar-refractivity contribution in [2.75, 3.05) is 0 Å². The fraction of sp³-hybridized carbons (Fsp3) is 0. The standard InChI is InChI=1S/C11H10N2/c1-2-4-10-5-9-13-11(10)6-8-12-7-3-1/h1-9,13H. The van der Waals surface area contributed by atoms with Gasteiger partial charge in [-0.05, 0) is 23.6 Å². The molecule has 0 aromatic carbocycles. The molecule has 0 spiro atoms. The minimum Gasteiger partial charge on any atom is -0.361 e. The van der Waals surface area contributed by atoms with Gasteiger partial charge in [-0.1, -0.05) is 18.2 Å². The lowest BCUT2D eigenvalue weighted by atomic mass is 10.3. The largest absolute Gasteiger partial charge is 0.361 e. The van der Waals surface area contributed by atoms with E-state index in [1.54, 1.807) is 12.4 Å². The van der Waals surface area contributed by atoms with Gasteiger partial charge >= 0.3 is 0 Å². The maximum absolute atomic E-state index is 4.06. The molecule has 0 atom stereocenters. The summed E-state index contributed by atoms with van der Waals surface area (Å²) in [6, 6.07) is 11.9. The Morgan fingerprint density at radius 1 is 0.923 bits per heavy atom. The van der Waals surface area contributed by atoms with E-state index in [1.807, 2.05) is 36.5 Å². The van der Waals surface area contributed by atoms with Crippen molar-refractivity contribution in [1.82, 2.24) is 9.97 Å². The van der Waals surface area contributed by atoms with Gasteiger partial charge in [0.2, 0.25) is 0 Å². The normalized spacial score (nSPS) is 9.54. The minimum absolute atomic E-state index is 1.09. The summed E-state index contributed by atoms with van der Waals surface area (Å²) in [5.74, 6) is 0. The lowest BCUT2D eigenvalue weighted by Gasteiger charge is -1.80. The van der Waals surface area contributed by atoms with E-state index in [2.05, 4.69) is 16.0 Å². The Morgan fingerprint density at radius 2 is 1.92 bits per heavy atom. The lowest BCUT2D eigenvalue weighted by Crippen LogP contribution is -1.62. The topological polar surface area (TPSA) is 28.7 Å². The van der Waals surface area contributed by atoms with Gasteiger partial charge < -0.3 is 4.98 Å². The second-order valence-electron chi connectivity index (χ2n) is 2.70. The summed E-state index contributed by atoms with van der Waals surface area (Å²) in [5, 5.41) is 1.18. The van der Waals surface area contributed by atoms with E-state index in [0.717, 1.165) is 5.52 Å². The van der Waals surface area contributed by atoms with Crippen LogP contribution in [0.25, 0.3) is 10.9 Å². The second-order valence-corrected chi connectivity index (χ2v) is 2.70. The number of hydrogen-bond acceptors (Lipinski definition) is 1. The third-order valence-corrected chi connectivity index (χ3v) is 1.81. The first kappa shape index (κ1) is 7.80. The highest BCUT2D eigenvalue weighted by Gasteiger charge is 1.84. The van der Waals surface area contributed by atoms with Crippen molar-refractivity contribution >= 4 is 10.9 Å². The SMILES string of the molecule is c1ccnccc2[nH]ccc2cc1. The zero-order chi connectivity index (χ0) is 8.93. The highest BCUT2D eigenvalue weighted by atomic mass is 14.7. The molecular formula is C11H10N2. The number of rotatable bonds is 0. The molecule has 64 valence electrons. The average Bonchev–Trinajstić information content (AvgIpc) is 2.59. The fourth-order valence-corrected chi connectivity index (χ4v) is 1.17. The van der Waals surface area contributed by atoms with Gasteiger partial charge in [0.05, 0.1) is 0 Å². The highest BCUT2D eigenvalue weighted by Crippen LogP contribution is 2.06. The van der Waals surface area contributed by atoms with E-state index in [0.29, 0.717) is 0 Å². The molecule has 0 saturated carbocycles. The molecule has 2 heterocycles. The van der Waals surface area contributed by atoms with Crippen molar-refractivity contribution in [2.45, 2.75) is 0 Å². The quantitative estimate of drug-likeness (QED) is 0.647. The van der Waals surface area contributed by atoms with Crippen LogP contribution in [0.3, 0.4) is 0 Å². The van der Waals surface area contributed by atoms with Crippen molar-refractivity contribution < 1.29 is 0 Å². The zero-order valence-corrected chi connectivity index (χ0v) is 7.14. The van der Waals surface area contributed by atoms with Gasteiger partial charge in [-0.15, -0.1) is 0 Å². The Balaban J connectivity index is 2.74. The van der Waals surface area contributed by atoms with E-state index in [-0.39, 0.29) is 0 Å². The second kappa shape index (κ2) is 3.72. The number of nitrogens with one attached hydrogen (secondary N) is 1. The maximum atomic E-state index is 4.06. The number of H-pyrrole nitrogens is 1. The molecule has 0 saturated heterocycles. The van der Waals surface area contributed by atoms with Crippen molar-refractivity contribution in [3.8, 4) is 0 Å². The van der Waals surface area contributed by atoms with Crippen LogP contribution in [0.2, 0.25) is 0 Å². The molecule has 2 rings (SSSR count). The van der Waals surface area contributed by atoms with Crippen LogP contribution in [0.1, 0.15) is 0 Å². The molecule has 0 unspecified atom stereocenters. The molecule has 1 N–H and O–H groups in total. The van der Waals surface area contributed by atoms with Crippen LogP contribution >= 0.6 is 0 Å². The Labute approximate surface area is 76.6 Å². The van der Waals surface area contributed by atoms with Crippen molar-refractivity contribution in [3.63, 3.8) is 0 Å². The molecule has 0 amide bonds. The third-order valence-electron chi connectivity index (χ3n) is 1.81.